The number of hydrogen-bond donors (Lipinski definition) is 2. The van der Waals surface area contributed by atoms with E-state index in [9.17, 15) is 10.2 Å². The average Bonchev–Trinajstić information content (AvgIpc) is 3.18. The molecule has 4 nitrogen and oxygen atoms in total. The van der Waals surface area contributed by atoms with Crippen LogP contribution in [0, 0.1) is 52.3 Å². The van der Waals surface area contributed by atoms with Crippen molar-refractivity contribution in [2.24, 2.45) is 52.3 Å². The number of rotatable bonds is 0. The molecule has 0 amide bonds. The smallest absolute Gasteiger partial charge is 0.171 e. The number of ether oxygens (including phenoxy) is 2. The highest BCUT2D eigenvalue weighted by molar-refractivity contribution is 5.19. The molecule has 32 heavy (non-hydrogen) atoms. The Labute approximate surface area is 194 Å². The highest BCUT2D eigenvalue weighted by Crippen LogP contribution is 2.72. The van der Waals surface area contributed by atoms with Crippen LogP contribution in [0.5, 0.6) is 0 Å². The fourth-order valence-electron chi connectivity index (χ4n) is 10.7. The van der Waals surface area contributed by atoms with E-state index in [4.69, 9.17) is 9.47 Å². The molecule has 2 heterocycles. The molecule has 0 aromatic rings. The standard InChI is InChI=1S/C28H46O4/c1-16-6-11-28(31-15-16)18(3)24-23(32-28)13-22-20-12-17(2)27(30)14-19(29)7-10-26(27,5)21(20)8-9-25(22,24)4/h16-24,29-30H,6-15H2,1-5H3/t16?,17?,18-,19+,20+,21-,22-,23-,24?,25-,26+,27-,28+/m0/s1. The zero-order valence-electron chi connectivity index (χ0n) is 21.0. The van der Waals surface area contributed by atoms with Gasteiger partial charge in [-0.15, -0.1) is 0 Å². The van der Waals surface area contributed by atoms with Crippen LogP contribution in [0.1, 0.15) is 92.4 Å². The SMILES string of the molecule is CC1CC[C@@]2(OC1)O[C@H]1C[C@H]3[C@@H]4CC(C)[C@@]5(O)C[C@H](O)CC[C@]5(C)[C@H]4CC[C@]3(C)C1[C@@H]2C. The van der Waals surface area contributed by atoms with E-state index in [1.165, 1.54) is 25.7 Å². The van der Waals surface area contributed by atoms with E-state index in [1.807, 2.05) is 0 Å². The van der Waals surface area contributed by atoms with E-state index in [1.54, 1.807) is 0 Å². The highest BCUT2D eigenvalue weighted by Gasteiger charge is 2.71. The summed E-state index contributed by atoms with van der Waals surface area (Å²) in [4.78, 5) is 0. The predicted octanol–water partition coefficient (Wildman–Crippen LogP) is 5.15. The van der Waals surface area contributed by atoms with Crippen molar-refractivity contribution >= 4 is 0 Å². The molecule has 0 radical (unpaired) electrons. The van der Waals surface area contributed by atoms with Crippen LogP contribution in [0.15, 0.2) is 0 Å². The van der Waals surface area contributed by atoms with Gasteiger partial charge in [0.1, 0.15) is 0 Å². The van der Waals surface area contributed by atoms with E-state index in [2.05, 4.69) is 34.6 Å². The van der Waals surface area contributed by atoms with E-state index in [-0.39, 0.29) is 23.2 Å². The number of aliphatic hydroxyl groups excluding tert-OH is 1. The number of fused-ring (bicyclic) bond motifs is 7. The molecule has 6 fully saturated rings. The molecule has 6 rings (SSSR count). The molecule has 0 aromatic carbocycles. The summed E-state index contributed by atoms with van der Waals surface area (Å²) in [5.74, 6) is 3.56. The van der Waals surface area contributed by atoms with Crippen LogP contribution in [0.2, 0.25) is 0 Å². The van der Waals surface area contributed by atoms with E-state index in [0.29, 0.717) is 53.4 Å². The summed E-state index contributed by atoms with van der Waals surface area (Å²) < 4.78 is 13.4. The summed E-state index contributed by atoms with van der Waals surface area (Å²) in [5, 5.41) is 22.3. The van der Waals surface area contributed by atoms with Crippen LogP contribution in [-0.2, 0) is 9.47 Å². The van der Waals surface area contributed by atoms with Crippen LogP contribution in [-0.4, -0.2) is 40.4 Å². The Morgan fingerprint density at radius 2 is 1.69 bits per heavy atom. The third kappa shape index (κ3) is 2.65. The van der Waals surface area contributed by atoms with Gasteiger partial charge < -0.3 is 19.7 Å². The first-order chi connectivity index (χ1) is 15.0. The Hall–Kier alpha value is -0.160. The van der Waals surface area contributed by atoms with Crippen LogP contribution in [0.4, 0.5) is 0 Å². The lowest BCUT2D eigenvalue weighted by atomic mass is 9.41. The van der Waals surface area contributed by atoms with E-state index < -0.39 is 5.60 Å². The van der Waals surface area contributed by atoms with Gasteiger partial charge in [-0.2, -0.15) is 0 Å². The van der Waals surface area contributed by atoms with Gasteiger partial charge in [0, 0.05) is 18.8 Å². The van der Waals surface area contributed by atoms with Gasteiger partial charge in [-0.05, 0) is 91.3 Å². The molecule has 182 valence electrons. The molecule has 6 aliphatic rings. The van der Waals surface area contributed by atoms with Gasteiger partial charge in [0.05, 0.1) is 24.4 Å². The Bertz CT molecular complexity index is 761. The monoisotopic (exact) mass is 446 g/mol. The van der Waals surface area contributed by atoms with Gasteiger partial charge in [-0.3, -0.25) is 0 Å². The zero-order chi connectivity index (χ0) is 22.7. The van der Waals surface area contributed by atoms with Crippen molar-refractivity contribution in [2.75, 3.05) is 6.61 Å². The quantitative estimate of drug-likeness (QED) is 0.540. The molecule has 0 bridgehead atoms. The molecule has 13 atom stereocenters. The van der Waals surface area contributed by atoms with Crippen molar-refractivity contribution in [2.45, 2.75) is 116 Å². The maximum Gasteiger partial charge on any atom is 0.171 e. The van der Waals surface area contributed by atoms with Crippen molar-refractivity contribution in [3.05, 3.63) is 0 Å². The Kier molecular flexibility index (Phi) is 4.85. The van der Waals surface area contributed by atoms with Crippen LogP contribution in [0.3, 0.4) is 0 Å². The van der Waals surface area contributed by atoms with Crippen molar-refractivity contribution in [3.63, 3.8) is 0 Å². The molecule has 2 saturated heterocycles. The normalized spacial score (nSPS) is 64.0. The maximum atomic E-state index is 11.9. The molecular formula is C28H46O4. The first kappa shape index (κ1) is 22.3. The molecule has 2 aliphatic heterocycles. The Balaban J connectivity index is 1.30. The predicted molar refractivity (Wildman–Crippen MR) is 124 cm³/mol. The molecule has 3 unspecified atom stereocenters. The largest absolute Gasteiger partial charge is 0.393 e. The molecular weight excluding hydrogens is 400 g/mol. The minimum Gasteiger partial charge on any atom is -0.393 e. The minimum absolute atomic E-state index is 0.0656. The zero-order valence-corrected chi connectivity index (χ0v) is 21.0. The summed E-state index contributed by atoms with van der Waals surface area (Å²) in [6.45, 7) is 12.8. The van der Waals surface area contributed by atoms with Crippen LogP contribution in [0.25, 0.3) is 0 Å². The Morgan fingerprint density at radius 3 is 2.41 bits per heavy atom. The summed E-state index contributed by atoms with van der Waals surface area (Å²) in [7, 11) is 0. The van der Waals surface area contributed by atoms with Crippen molar-refractivity contribution in [1.29, 1.82) is 0 Å². The van der Waals surface area contributed by atoms with Gasteiger partial charge in [0.25, 0.3) is 0 Å². The fraction of sp³-hybridized carbons (Fsp3) is 1.00. The first-order valence-corrected chi connectivity index (χ1v) is 13.8. The van der Waals surface area contributed by atoms with E-state index >= 15 is 0 Å². The third-order valence-corrected chi connectivity index (χ3v) is 12.5. The van der Waals surface area contributed by atoms with Gasteiger partial charge in [-0.1, -0.05) is 34.6 Å². The molecule has 4 saturated carbocycles. The van der Waals surface area contributed by atoms with Gasteiger partial charge in [0.2, 0.25) is 0 Å². The van der Waals surface area contributed by atoms with Crippen molar-refractivity contribution < 1.29 is 19.7 Å². The van der Waals surface area contributed by atoms with Crippen molar-refractivity contribution in [3.8, 4) is 0 Å². The molecule has 1 spiro atoms. The molecule has 4 aliphatic carbocycles. The molecule has 2 N–H and O–H groups in total. The average molecular weight is 447 g/mol. The summed E-state index contributed by atoms with van der Waals surface area (Å²) in [5.41, 5.74) is -0.459. The first-order valence-electron chi connectivity index (χ1n) is 13.8. The van der Waals surface area contributed by atoms with Gasteiger partial charge in [-0.25, -0.2) is 0 Å². The van der Waals surface area contributed by atoms with E-state index in [0.717, 1.165) is 32.3 Å². The number of aliphatic hydroxyl groups is 2. The topological polar surface area (TPSA) is 58.9 Å². The molecule has 4 heteroatoms. The summed E-state index contributed by atoms with van der Waals surface area (Å²) in [6, 6.07) is 0. The van der Waals surface area contributed by atoms with Gasteiger partial charge >= 0.3 is 0 Å². The van der Waals surface area contributed by atoms with Gasteiger partial charge in [0.15, 0.2) is 5.79 Å². The second-order valence-corrected chi connectivity index (χ2v) is 13.8. The minimum atomic E-state index is -0.714. The van der Waals surface area contributed by atoms with Crippen LogP contribution < -0.4 is 0 Å². The maximum absolute atomic E-state index is 11.9. The Morgan fingerprint density at radius 1 is 0.906 bits per heavy atom. The molecule has 0 aromatic heterocycles. The second kappa shape index (κ2) is 6.95. The highest BCUT2D eigenvalue weighted by atomic mass is 16.7. The lowest BCUT2D eigenvalue weighted by molar-refractivity contribution is -0.276. The van der Waals surface area contributed by atoms with Crippen molar-refractivity contribution in [1.82, 2.24) is 0 Å². The van der Waals surface area contributed by atoms with Crippen LogP contribution >= 0.6 is 0 Å². The fourth-order valence-corrected chi connectivity index (χ4v) is 10.7. The lowest BCUT2D eigenvalue weighted by Crippen LogP contribution is -2.66. The lowest BCUT2D eigenvalue weighted by Gasteiger charge is -2.66. The second-order valence-electron chi connectivity index (χ2n) is 13.8. The number of hydrogen-bond acceptors (Lipinski definition) is 4. The summed E-state index contributed by atoms with van der Waals surface area (Å²) in [6.07, 6.45) is 9.42. The summed E-state index contributed by atoms with van der Waals surface area (Å²) >= 11 is 0. The third-order valence-electron chi connectivity index (χ3n) is 12.5.